The number of amides is 3. The molecule has 0 atom stereocenters. The number of rotatable bonds is 6. The highest BCUT2D eigenvalue weighted by atomic mass is 35.5. The molecule has 1 fully saturated rings. The Morgan fingerprint density at radius 1 is 1.22 bits per heavy atom. The molecule has 1 aromatic rings. The standard InChI is InChI=1S/C16H21ClF3N5O2/c17-12-9-11(16(18,19)20)10-23-14(12)25-7-5-24(6-8-25)13(26)3-1-2-4-22-15(21)27/h9-10H,1-8H2,(H3,21,22,27). The van der Waals surface area contributed by atoms with Crippen molar-refractivity contribution in [3.63, 3.8) is 0 Å². The number of carbonyl (C=O) groups is 2. The van der Waals surface area contributed by atoms with E-state index in [2.05, 4.69) is 10.3 Å². The molecule has 0 spiro atoms. The molecule has 1 aliphatic heterocycles. The molecule has 11 heteroatoms. The first-order valence-corrected chi connectivity index (χ1v) is 8.85. The van der Waals surface area contributed by atoms with Gasteiger partial charge in [0.05, 0.1) is 10.6 Å². The van der Waals surface area contributed by atoms with Gasteiger partial charge in [0.25, 0.3) is 0 Å². The van der Waals surface area contributed by atoms with Crippen LogP contribution in [0.15, 0.2) is 12.3 Å². The number of hydrogen-bond donors (Lipinski definition) is 2. The number of pyridine rings is 1. The second-order valence-corrected chi connectivity index (χ2v) is 6.55. The lowest BCUT2D eigenvalue weighted by Crippen LogP contribution is -2.49. The fourth-order valence-electron chi connectivity index (χ4n) is 2.76. The molecule has 0 saturated carbocycles. The van der Waals surface area contributed by atoms with Crippen molar-refractivity contribution in [2.75, 3.05) is 37.6 Å². The van der Waals surface area contributed by atoms with E-state index in [1.54, 1.807) is 9.80 Å². The van der Waals surface area contributed by atoms with E-state index in [4.69, 9.17) is 17.3 Å². The Hall–Kier alpha value is -2.23. The smallest absolute Gasteiger partial charge is 0.352 e. The number of nitrogens with two attached hydrogens (primary N) is 1. The number of aromatic nitrogens is 1. The molecule has 0 aromatic carbocycles. The first kappa shape index (κ1) is 21.1. The molecule has 2 rings (SSSR count). The monoisotopic (exact) mass is 407 g/mol. The quantitative estimate of drug-likeness (QED) is 0.707. The first-order chi connectivity index (χ1) is 12.7. The molecule has 150 valence electrons. The van der Waals surface area contributed by atoms with Crippen LogP contribution >= 0.6 is 11.6 Å². The van der Waals surface area contributed by atoms with Crippen LogP contribution in [0.2, 0.25) is 5.02 Å². The average molecular weight is 408 g/mol. The summed E-state index contributed by atoms with van der Waals surface area (Å²) in [5.74, 6) is 0.287. The van der Waals surface area contributed by atoms with Crippen molar-refractivity contribution in [1.29, 1.82) is 0 Å². The van der Waals surface area contributed by atoms with E-state index in [-0.39, 0.29) is 16.7 Å². The summed E-state index contributed by atoms with van der Waals surface area (Å²) in [6, 6.07) is 0.273. The second-order valence-electron chi connectivity index (χ2n) is 6.14. The Labute approximate surface area is 159 Å². The van der Waals surface area contributed by atoms with Crippen molar-refractivity contribution in [3.8, 4) is 0 Å². The van der Waals surface area contributed by atoms with Gasteiger partial charge in [0.1, 0.15) is 5.82 Å². The third-order valence-corrected chi connectivity index (χ3v) is 4.48. The van der Waals surface area contributed by atoms with E-state index < -0.39 is 17.8 Å². The van der Waals surface area contributed by atoms with Crippen LogP contribution < -0.4 is 16.0 Å². The van der Waals surface area contributed by atoms with E-state index in [1.807, 2.05) is 0 Å². The Kier molecular flexibility index (Phi) is 7.11. The van der Waals surface area contributed by atoms with Crippen LogP contribution in [0.4, 0.5) is 23.8 Å². The van der Waals surface area contributed by atoms with Gasteiger partial charge in [0.15, 0.2) is 0 Å². The van der Waals surface area contributed by atoms with Crippen LogP contribution in [-0.4, -0.2) is 54.5 Å². The lowest BCUT2D eigenvalue weighted by molar-refractivity contribution is -0.137. The SMILES string of the molecule is NC(=O)NCCCCC(=O)N1CCN(c2ncc(C(F)(F)F)cc2Cl)CC1. The van der Waals surface area contributed by atoms with Crippen molar-refractivity contribution in [3.05, 3.63) is 22.8 Å². The van der Waals surface area contributed by atoms with Crippen LogP contribution in [0.1, 0.15) is 24.8 Å². The largest absolute Gasteiger partial charge is 0.417 e. The molecule has 7 nitrogen and oxygen atoms in total. The predicted molar refractivity (Wildman–Crippen MR) is 94.5 cm³/mol. The van der Waals surface area contributed by atoms with E-state index in [0.29, 0.717) is 52.0 Å². The van der Waals surface area contributed by atoms with Crippen LogP contribution in [0.25, 0.3) is 0 Å². The van der Waals surface area contributed by atoms with E-state index in [0.717, 1.165) is 12.3 Å². The maximum Gasteiger partial charge on any atom is 0.417 e. The summed E-state index contributed by atoms with van der Waals surface area (Å²) in [6.45, 7) is 2.18. The zero-order chi connectivity index (χ0) is 20.0. The first-order valence-electron chi connectivity index (χ1n) is 8.47. The number of carbonyl (C=O) groups excluding carboxylic acids is 2. The normalized spacial score (nSPS) is 15.0. The number of primary amides is 1. The van der Waals surface area contributed by atoms with Crippen molar-refractivity contribution in [1.82, 2.24) is 15.2 Å². The van der Waals surface area contributed by atoms with Gasteiger partial charge in [-0.3, -0.25) is 4.79 Å². The highest BCUT2D eigenvalue weighted by Gasteiger charge is 2.32. The molecule has 1 saturated heterocycles. The van der Waals surface area contributed by atoms with Gasteiger partial charge in [-0.15, -0.1) is 0 Å². The number of nitrogens with one attached hydrogen (secondary N) is 1. The Bertz CT molecular complexity index is 679. The van der Waals surface area contributed by atoms with Gasteiger partial charge in [-0.25, -0.2) is 9.78 Å². The molecule has 0 unspecified atom stereocenters. The third-order valence-electron chi connectivity index (χ3n) is 4.20. The lowest BCUT2D eigenvalue weighted by Gasteiger charge is -2.36. The minimum absolute atomic E-state index is 0.000186. The van der Waals surface area contributed by atoms with Gasteiger partial charge >= 0.3 is 12.2 Å². The molecule has 0 aliphatic carbocycles. The fourth-order valence-corrected chi connectivity index (χ4v) is 3.04. The van der Waals surface area contributed by atoms with E-state index >= 15 is 0 Å². The number of urea groups is 1. The highest BCUT2D eigenvalue weighted by molar-refractivity contribution is 6.33. The Morgan fingerprint density at radius 2 is 1.89 bits per heavy atom. The molecule has 0 bridgehead atoms. The summed E-state index contributed by atoms with van der Waals surface area (Å²) in [5.41, 5.74) is 4.06. The van der Waals surface area contributed by atoms with Crippen LogP contribution in [-0.2, 0) is 11.0 Å². The maximum atomic E-state index is 12.7. The average Bonchev–Trinajstić information content (AvgIpc) is 2.60. The van der Waals surface area contributed by atoms with Crippen molar-refractivity contribution in [2.45, 2.75) is 25.4 Å². The predicted octanol–water partition coefficient (Wildman–Crippen LogP) is 2.24. The van der Waals surface area contributed by atoms with E-state index in [1.165, 1.54) is 0 Å². The molecule has 27 heavy (non-hydrogen) atoms. The van der Waals surface area contributed by atoms with Gasteiger partial charge in [-0.1, -0.05) is 11.6 Å². The summed E-state index contributed by atoms with van der Waals surface area (Å²) in [7, 11) is 0. The minimum Gasteiger partial charge on any atom is -0.352 e. The number of alkyl halides is 3. The number of halogens is 4. The molecule has 1 aliphatic rings. The molecular formula is C16H21ClF3N5O2. The lowest BCUT2D eigenvalue weighted by atomic mass is 10.2. The number of piperazine rings is 1. The maximum absolute atomic E-state index is 12.7. The molecule has 1 aromatic heterocycles. The summed E-state index contributed by atoms with van der Waals surface area (Å²) < 4.78 is 38.1. The van der Waals surface area contributed by atoms with Crippen molar-refractivity contribution >= 4 is 29.4 Å². The fraction of sp³-hybridized carbons (Fsp3) is 0.562. The van der Waals surface area contributed by atoms with Crippen molar-refractivity contribution in [2.24, 2.45) is 5.73 Å². The van der Waals surface area contributed by atoms with Crippen LogP contribution in [0.3, 0.4) is 0 Å². The second kappa shape index (κ2) is 9.12. The molecule has 0 radical (unpaired) electrons. The Morgan fingerprint density at radius 3 is 2.44 bits per heavy atom. The molecular weight excluding hydrogens is 387 g/mol. The van der Waals surface area contributed by atoms with Gasteiger partial charge in [-0.05, 0) is 18.9 Å². The van der Waals surface area contributed by atoms with Crippen LogP contribution in [0, 0.1) is 0 Å². The zero-order valence-electron chi connectivity index (χ0n) is 14.6. The summed E-state index contributed by atoms with van der Waals surface area (Å²) in [5, 5.41) is 2.40. The highest BCUT2D eigenvalue weighted by Crippen LogP contribution is 2.33. The Balaban J connectivity index is 1.81. The third kappa shape index (κ3) is 6.16. The van der Waals surface area contributed by atoms with Gasteiger partial charge in [0.2, 0.25) is 5.91 Å². The van der Waals surface area contributed by atoms with Gasteiger partial charge < -0.3 is 20.9 Å². The van der Waals surface area contributed by atoms with Crippen molar-refractivity contribution < 1.29 is 22.8 Å². The van der Waals surface area contributed by atoms with Gasteiger partial charge in [-0.2, -0.15) is 13.2 Å². The topological polar surface area (TPSA) is 91.6 Å². The summed E-state index contributed by atoms with van der Waals surface area (Å²) in [4.78, 5) is 30.1. The summed E-state index contributed by atoms with van der Waals surface area (Å²) in [6.07, 6.45) is -2.09. The molecule has 3 amide bonds. The summed E-state index contributed by atoms with van der Waals surface area (Å²) >= 11 is 5.96. The molecule has 3 N–H and O–H groups in total. The number of anilines is 1. The zero-order valence-corrected chi connectivity index (χ0v) is 15.3. The number of nitrogens with zero attached hydrogens (tertiary/aromatic N) is 3. The number of hydrogen-bond acceptors (Lipinski definition) is 4. The van der Waals surface area contributed by atoms with Gasteiger partial charge in [0, 0.05) is 45.3 Å². The van der Waals surface area contributed by atoms with Crippen LogP contribution in [0.5, 0.6) is 0 Å². The minimum atomic E-state index is -4.49. The molecule has 2 heterocycles. The number of unbranched alkanes of at least 4 members (excludes halogenated alkanes) is 1. The van der Waals surface area contributed by atoms with E-state index in [9.17, 15) is 22.8 Å².